The molecule has 0 amide bonds. The zero-order valence-corrected chi connectivity index (χ0v) is 13.5. The van der Waals surface area contributed by atoms with Crippen molar-refractivity contribution in [3.8, 4) is 0 Å². The van der Waals surface area contributed by atoms with Crippen molar-refractivity contribution in [2.24, 2.45) is 0 Å². The number of piperidine rings is 1. The third-order valence-electron chi connectivity index (χ3n) is 4.45. The second-order valence-electron chi connectivity index (χ2n) is 6.20. The maximum Gasteiger partial charge on any atom is 0.225 e. The van der Waals surface area contributed by atoms with E-state index in [1.165, 1.54) is 0 Å². The summed E-state index contributed by atoms with van der Waals surface area (Å²) in [6.45, 7) is 5.95. The summed E-state index contributed by atoms with van der Waals surface area (Å²) in [6, 6.07) is 8.03. The van der Waals surface area contributed by atoms with Gasteiger partial charge in [-0.15, -0.1) is 10.2 Å². The van der Waals surface area contributed by atoms with Crippen molar-refractivity contribution in [1.82, 2.24) is 24.6 Å². The molecule has 118 valence electrons. The second-order valence-corrected chi connectivity index (χ2v) is 6.20. The summed E-state index contributed by atoms with van der Waals surface area (Å²) in [5, 5.41) is 8.68. The molecule has 1 aliphatic heterocycles. The minimum absolute atomic E-state index is 0.439. The maximum atomic E-state index is 4.58. The highest BCUT2D eigenvalue weighted by atomic mass is 15.3. The Morgan fingerprint density at radius 2 is 1.74 bits per heavy atom. The van der Waals surface area contributed by atoms with Gasteiger partial charge in [-0.05, 0) is 44.9 Å². The zero-order valence-electron chi connectivity index (χ0n) is 13.5. The highest BCUT2D eigenvalue weighted by Crippen LogP contribution is 2.28. The third-order valence-corrected chi connectivity index (χ3v) is 4.45. The van der Waals surface area contributed by atoms with Crippen LogP contribution in [0.15, 0.2) is 30.5 Å². The number of nitrogens with zero attached hydrogens (tertiary/aromatic N) is 6. The minimum atomic E-state index is 0.439. The largest absolute Gasteiger partial charge is 0.341 e. The monoisotopic (exact) mass is 308 g/mol. The van der Waals surface area contributed by atoms with Crippen molar-refractivity contribution in [3.63, 3.8) is 0 Å². The van der Waals surface area contributed by atoms with Crippen molar-refractivity contribution >= 4 is 11.6 Å². The van der Waals surface area contributed by atoms with Crippen LogP contribution in [0.4, 0.5) is 5.95 Å². The van der Waals surface area contributed by atoms with E-state index in [0.29, 0.717) is 5.92 Å². The van der Waals surface area contributed by atoms with Gasteiger partial charge in [0.15, 0.2) is 5.65 Å². The van der Waals surface area contributed by atoms with E-state index in [4.69, 9.17) is 0 Å². The molecular formula is C17H20N6. The number of anilines is 1. The molecule has 1 aliphatic rings. The van der Waals surface area contributed by atoms with Crippen molar-refractivity contribution in [1.29, 1.82) is 0 Å². The highest BCUT2D eigenvalue weighted by molar-refractivity contribution is 5.38. The van der Waals surface area contributed by atoms with Crippen LogP contribution in [-0.4, -0.2) is 37.7 Å². The van der Waals surface area contributed by atoms with E-state index in [1.807, 2.05) is 44.3 Å². The summed E-state index contributed by atoms with van der Waals surface area (Å²) < 4.78 is 2.10. The van der Waals surface area contributed by atoms with Gasteiger partial charge in [0.1, 0.15) is 5.82 Å². The van der Waals surface area contributed by atoms with Gasteiger partial charge in [-0.2, -0.15) is 0 Å². The first-order valence-electron chi connectivity index (χ1n) is 8.07. The average Bonchev–Trinajstić information content (AvgIpc) is 2.98. The highest BCUT2D eigenvalue weighted by Gasteiger charge is 2.25. The molecule has 0 bridgehead atoms. The molecule has 0 atom stereocenters. The van der Waals surface area contributed by atoms with Crippen LogP contribution in [0.25, 0.3) is 5.65 Å². The minimum Gasteiger partial charge on any atom is -0.341 e. The molecule has 23 heavy (non-hydrogen) atoms. The lowest BCUT2D eigenvalue weighted by atomic mass is 9.96. The Kier molecular flexibility index (Phi) is 3.44. The van der Waals surface area contributed by atoms with Crippen molar-refractivity contribution in [3.05, 3.63) is 47.7 Å². The zero-order chi connectivity index (χ0) is 15.8. The Labute approximate surface area is 135 Å². The van der Waals surface area contributed by atoms with Crippen LogP contribution < -0.4 is 4.90 Å². The number of aromatic nitrogens is 5. The van der Waals surface area contributed by atoms with E-state index < -0.39 is 0 Å². The van der Waals surface area contributed by atoms with Gasteiger partial charge < -0.3 is 4.90 Å². The van der Waals surface area contributed by atoms with E-state index in [2.05, 4.69) is 29.5 Å². The van der Waals surface area contributed by atoms with Gasteiger partial charge in [0.05, 0.1) is 0 Å². The Bertz CT molecular complexity index is 812. The fourth-order valence-electron chi connectivity index (χ4n) is 3.32. The van der Waals surface area contributed by atoms with Crippen LogP contribution in [0, 0.1) is 13.8 Å². The summed E-state index contributed by atoms with van der Waals surface area (Å²) in [7, 11) is 0. The number of hydrogen-bond acceptors (Lipinski definition) is 5. The van der Waals surface area contributed by atoms with E-state index in [9.17, 15) is 0 Å². The standard InChI is InChI=1S/C17H20N6/c1-12-11-13(2)19-17(18-12)22-9-6-14(7-10-22)16-21-20-15-5-3-4-8-23(15)16/h3-5,8,11,14H,6-7,9-10H2,1-2H3. The number of aryl methyl sites for hydroxylation is 2. The third kappa shape index (κ3) is 2.65. The molecule has 3 aromatic heterocycles. The topological polar surface area (TPSA) is 59.2 Å². The summed E-state index contributed by atoms with van der Waals surface area (Å²) >= 11 is 0. The Morgan fingerprint density at radius 1 is 1.00 bits per heavy atom. The summed E-state index contributed by atoms with van der Waals surface area (Å²) in [6.07, 6.45) is 4.14. The predicted molar refractivity (Wildman–Crippen MR) is 88.7 cm³/mol. The SMILES string of the molecule is Cc1cc(C)nc(N2CCC(c3nnc4ccccn34)CC2)n1. The molecule has 4 heterocycles. The van der Waals surface area contributed by atoms with Crippen molar-refractivity contribution < 1.29 is 0 Å². The molecule has 0 aliphatic carbocycles. The van der Waals surface area contributed by atoms with Crippen molar-refractivity contribution in [2.45, 2.75) is 32.6 Å². The molecule has 1 saturated heterocycles. The normalized spacial score (nSPS) is 16.2. The molecular weight excluding hydrogens is 288 g/mol. The molecule has 6 heteroatoms. The summed E-state index contributed by atoms with van der Waals surface area (Å²) in [4.78, 5) is 11.4. The van der Waals surface area contributed by atoms with Gasteiger partial charge in [0.25, 0.3) is 0 Å². The molecule has 0 unspecified atom stereocenters. The molecule has 0 saturated carbocycles. The van der Waals surface area contributed by atoms with Gasteiger partial charge in [-0.25, -0.2) is 9.97 Å². The first-order chi connectivity index (χ1) is 11.2. The Morgan fingerprint density at radius 3 is 2.48 bits per heavy atom. The average molecular weight is 308 g/mol. The fourth-order valence-corrected chi connectivity index (χ4v) is 3.32. The van der Waals surface area contributed by atoms with Crippen LogP contribution in [0.5, 0.6) is 0 Å². The van der Waals surface area contributed by atoms with Gasteiger partial charge in [-0.1, -0.05) is 6.07 Å². The van der Waals surface area contributed by atoms with Crippen LogP contribution in [-0.2, 0) is 0 Å². The van der Waals surface area contributed by atoms with Crippen LogP contribution in [0.2, 0.25) is 0 Å². The van der Waals surface area contributed by atoms with Gasteiger partial charge >= 0.3 is 0 Å². The first kappa shape index (κ1) is 14.1. The first-order valence-corrected chi connectivity index (χ1v) is 8.07. The van der Waals surface area contributed by atoms with E-state index >= 15 is 0 Å². The molecule has 0 radical (unpaired) electrons. The van der Waals surface area contributed by atoms with Crippen LogP contribution >= 0.6 is 0 Å². The van der Waals surface area contributed by atoms with Crippen LogP contribution in [0.3, 0.4) is 0 Å². The lowest BCUT2D eigenvalue weighted by molar-refractivity contribution is 0.477. The molecule has 1 fully saturated rings. The van der Waals surface area contributed by atoms with Gasteiger partial charge in [0.2, 0.25) is 5.95 Å². The van der Waals surface area contributed by atoms with E-state index in [0.717, 1.165) is 54.7 Å². The van der Waals surface area contributed by atoms with Crippen LogP contribution in [0.1, 0.15) is 36.0 Å². The van der Waals surface area contributed by atoms with Crippen molar-refractivity contribution in [2.75, 3.05) is 18.0 Å². The van der Waals surface area contributed by atoms with Gasteiger partial charge in [0, 0.05) is 36.6 Å². The molecule has 3 aromatic rings. The number of fused-ring (bicyclic) bond motifs is 1. The Hall–Kier alpha value is -2.50. The van der Waals surface area contributed by atoms with E-state index in [1.54, 1.807) is 0 Å². The maximum absolute atomic E-state index is 4.58. The molecule has 6 nitrogen and oxygen atoms in total. The number of hydrogen-bond donors (Lipinski definition) is 0. The molecule has 0 aromatic carbocycles. The van der Waals surface area contributed by atoms with E-state index in [-0.39, 0.29) is 0 Å². The lowest BCUT2D eigenvalue weighted by Gasteiger charge is -2.31. The smallest absolute Gasteiger partial charge is 0.225 e. The van der Waals surface area contributed by atoms with Gasteiger partial charge in [-0.3, -0.25) is 4.40 Å². The number of pyridine rings is 1. The predicted octanol–water partition coefficient (Wildman–Crippen LogP) is 2.52. The Balaban J connectivity index is 1.53. The lowest BCUT2D eigenvalue weighted by Crippen LogP contribution is -2.34. The fraction of sp³-hybridized carbons (Fsp3) is 0.412. The molecule has 0 spiro atoms. The molecule has 4 rings (SSSR count). The second kappa shape index (κ2) is 5.61. The molecule has 0 N–H and O–H groups in total. The quantitative estimate of drug-likeness (QED) is 0.728. The summed E-state index contributed by atoms with van der Waals surface area (Å²) in [5.74, 6) is 2.36. The number of rotatable bonds is 2. The summed E-state index contributed by atoms with van der Waals surface area (Å²) in [5.41, 5.74) is 2.97.